The van der Waals surface area contributed by atoms with E-state index in [0.717, 1.165) is 17.6 Å². The zero-order valence-corrected chi connectivity index (χ0v) is 13.5. The fourth-order valence-electron chi connectivity index (χ4n) is 3.80. The lowest BCUT2D eigenvalue weighted by Gasteiger charge is -2.47. The number of anilines is 1. The summed E-state index contributed by atoms with van der Waals surface area (Å²) in [7, 11) is 0. The van der Waals surface area contributed by atoms with Gasteiger partial charge in [0, 0.05) is 35.9 Å². The van der Waals surface area contributed by atoms with Crippen molar-refractivity contribution >= 4 is 17.3 Å². The molecule has 0 bridgehead atoms. The highest BCUT2D eigenvalue weighted by atomic mass is 35.5. The molecule has 3 heteroatoms. The average Bonchev–Trinajstić information content (AvgIpc) is 2.87. The number of rotatable bonds is 2. The van der Waals surface area contributed by atoms with E-state index in [1.54, 1.807) is 0 Å². The van der Waals surface area contributed by atoms with Gasteiger partial charge in [-0.3, -0.25) is 4.90 Å². The lowest BCUT2D eigenvalue weighted by atomic mass is 9.95. The van der Waals surface area contributed by atoms with Gasteiger partial charge in [-0.25, -0.2) is 0 Å². The van der Waals surface area contributed by atoms with E-state index in [2.05, 4.69) is 42.7 Å². The molecule has 2 heterocycles. The molecule has 20 heavy (non-hydrogen) atoms. The Hall–Kier alpha value is -0.730. The molecule has 1 aromatic rings. The van der Waals surface area contributed by atoms with E-state index in [-0.39, 0.29) is 0 Å². The van der Waals surface area contributed by atoms with Crippen molar-refractivity contribution in [2.45, 2.75) is 45.7 Å². The van der Waals surface area contributed by atoms with Crippen molar-refractivity contribution in [3.05, 3.63) is 28.8 Å². The summed E-state index contributed by atoms with van der Waals surface area (Å²) >= 11 is 6.33. The summed E-state index contributed by atoms with van der Waals surface area (Å²) in [4.78, 5) is 5.32. The molecule has 2 aliphatic rings. The third-order valence-electron chi connectivity index (χ3n) is 5.05. The number of piperazine rings is 1. The maximum absolute atomic E-state index is 6.33. The molecule has 0 saturated carbocycles. The molecule has 2 aliphatic heterocycles. The first-order valence-electron chi connectivity index (χ1n) is 7.83. The molecule has 0 aromatic heterocycles. The highest BCUT2D eigenvalue weighted by Crippen LogP contribution is 2.34. The Morgan fingerprint density at radius 1 is 1.25 bits per heavy atom. The monoisotopic (exact) mass is 292 g/mol. The molecule has 110 valence electrons. The first kappa shape index (κ1) is 14.2. The molecule has 0 N–H and O–H groups in total. The smallest absolute Gasteiger partial charge is 0.0455 e. The number of hydrogen-bond acceptors (Lipinski definition) is 2. The number of nitrogens with zero attached hydrogens (tertiary/aromatic N) is 2. The maximum Gasteiger partial charge on any atom is 0.0455 e. The Kier molecular flexibility index (Phi) is 3.96. The van der Waals surface area contributed by atoms with Crippen LogP contribution in [0.15, 0.2) is 18.2 Å². The minimum absolute atomic E-state index is 0.599. The summed E-state index contributed by atoms with van der Waals surface area (Å²) < 4.78 is 0. The van der Waals surface area contributed by atoms with Gasteiger partial charge in [-0.15, -0.1) is 0 Å². The second kappa shape index (κ2) is 5.57. The Morgan fingerprint density at radius 2 is 2.05 bits per heavy atom. The van der Waals surface area contributed by atoms with Gasteiger partial charge in [-0.05, 0) is 49.9 Å². The predicted molar refractivity (Wildman–Crippen MR) is 86.8 cm³/mol. The van der Waals surface area contributed by atoms with Gasteiger partial charge in [0.15, 0.2) is 0 Å². The largest absolute Gasteiger partial charge is 0.365 e. The number of halogens is 1. The van der Waals surface area contributed by atoms with Gasteiger partial charge in [0.05, 0.1) is 0 Å². The van der Waals surface area contributed by atoms with Crippen molar-refractivity contribution in [3.8, 4) is 0 Å². The number of hydrogen-bond donors (Lipinski definition) is 0. The van der Waals surface area contributed by atoms with Crippen LogP contribution in [0.25, 0.3) is 0 Å². The Balaban J connectivity index is 1.94. The van der Waals surface area contributed by atoms with E-state index in [9.17, 15) is 0 Å². The van der Waals surface area contributed by atoms with Gasteiger partial charge in [-0.1, -0.05) is 31.5 Å². The van der Waals surface area contributed by atoms with E-state index in [4.69, 9.17) is 11.6 Å². The molecular formula is C17H25ClN2. The van der Waals surface area contributed by atoms with Crippen molar-refractivity contribution in [1.82, 2.24) is 4.90 Å². The van der Waals surface area contributed by atoms with Crippen LogP contribution >= 0.6 is 11.6 Å². The van der Waals surface area contributed by atoms with Crippen molar-refractivity contribution in [3.63, 3.8) is 0 Å². The summed E-state index contributed by atoms with van der Waals surface area (Å²) in [5, 5.41) is 0.888. The van der Waals surface area contributed by atoms with Crippen LogP contribution in [0.1, 0.15) is 32.3 Å². The average molecular weight is 293 g/mol. The van der Waals surface area contributed by atoms with E-state index in [1.165, 1.54) is 37.2 Å². The summed E-state index contributed by atoms with van der Waals surface area (Å²) in [6.07, 6.45) is 2.71. The SMILES string of the molecule is Cc1c(Cl)cccc1N1CC2CCCN2CC1C(C)C. The highest BCUT2D eigenvalue weighted by Gasteiger charge is 2.37. The van der Waals surface area contributed by atoms with E-state index >= 15 is 0 Å². The van der Waals surface area contributed by atoms with Crippen molar-refractivity contribution in [2.24, 2.45) is 5.92 Å². The fourth-order valence-corrected chi connectivity index (χ4v) is 3.97. The van der Waals surface area contributed by atoms with Crippen LogP contribution in [0, 0.1) is 12.8 Å². The van der Waals surface area contributed by atoms with Gasteiger partial charge in [0.1, 0.15) is 0 Å². The lowest BCUT2D eigenvalue weighted by molar-refractivity contribution is 0.176. The van der Waals surface area contributed by atoms with E-state index < -0.39 is 0 Å². The Morgan fingerprint density at radius 3 is 2.80 bits per heavy atom. The van der Waals surface area contributed by atoms with Gasteiger partial charge >= 0.3 is 0 Å². The molecule has 2 nitrogen and oxygen atoms in total. The summed E-state index contributed by atoms with van der Waals surface area (Å²) in [6, 6.07) is 7.66. The second-order valence-corrected chi connectivity index (χ2v) is 7.05. The van der Waals surface area contributed by atoms with Crippen molar-refractivity contribution < 1.29 is 0 Å². The quantitative estimate of drug-likeness (QED) is 0.814. The number of fused-ring (bicyclic) bond motifs is 1. The molecule has 2 unspecified atom stereocenters. The standard InChI is InChI=1S/C17H25ClN2/c1-12(2)17-11-19-9-5-6-14(19)10-20(17)16-8-4-7-15(18)13(16)3/h4,7-8,12,14,17H,5-6,9-11H2,1-3H3. The molecule has 1 aromatic carbocycles. The second-order valence-electron chi connectivity index (χ2n) is 6.64. The van der Waals surface area contributed by atoms with Gasteiger partial charge in [0.25, 0.3) is 0 Å². The van der Waals surface area contributed by atoms with Crippen LogP contribution in [0.2, 0.25) is 5.02 Å². The highest BCUT2D eigenvalue weighted by molar-refractivity contribution is 6.31. The van der Waals surface area contributed by atoms with Crippen molar-refractivity contribution in [1.29, 1.82) is 0 Å². The van der Waals surface area contributed by atoms with Crippen molar-refractivity contribution in [2.75, 3.05) is 24.5 Å². The summed E-state index contributed by atoms with van der Waals surface area (Å²) in [6.45, 7) is 10.5. The first-order valence-corrected chi connectivity index (χ1v) is 8.21. The number of benzene rings is 1. The molecule has 0 aliphatic carbocycles. The molecule has 0 spiro atoms. The minimum atomic E-state index is 0.599. The third kappa shape index (κ3) is 2.44. The first-order chi connectivity index (χ1) is 9.58. The van der Waals surface area contributed by atoms with Crippen LogP contribution in [-0.2, 0) is 0 Å². The van der Waals surface area contributed by atoms with Crippen LogP contribution in [0.5, 0.6) is 0 Å². The third-order valence-corrected chi connectivity index (χ3v) is 5.46. The Bertz CT molecular complexity index is 486. The van der Waals surface area contributed by atoms with Gasteiger partial charge in [-0.2, -0.15) is 0 Å². The molecule has 2 atom stereocenters. The molecular weight excluding hydrogens is 268 g/mol. The van der Waals surface area contributed by atoms with Crippen LogP contribution in [0.3, 0.4) is 0 Å². The minimum Gasteiger partial charge on any atom is -0.365 e. The van der Waals surface area contributed by atoms with Gasteiger partial charge < -0.3 is 4.90 Å². The maximum atomic E-state index is 6.33. The molecule has 0 amide bonds. The Labute approximate surface area is 127 Å². The van der Waals surface area contributed by atoms with Crippen LogP contribution < -0.4 is 4.90 Å². The zero-order chi connectivity index (χ0) is 14.3. The molecule has 2 saturated heterocycles. The topological polar surface area (TPSA) is 6.48 Å². The zero-order valence-electron chi connectivity index (χ0n) is 12.8. The van der Waals surface area contributed by atoms with Crippen LogP contribution in [-0.4, -0.2) is 36.6 Å². The van der Waals surface area contributed by atoms with Gasteiger partial charge in [0.2, 0.25) is 0 Å². The predicted octanol–water partition coefficient (Wildman–Crippen LogP) is 3.96. The molecule has 3 rings (SSSR count). The summed E-state index contributed by atoms with van der Waals surface area (Å²) in [5.74, 6) is 0.662. The van der Waals surface area contributed by atoms with Crippen LogP contribution in [0.4, 0.5) is 5.69 Å². The summed E-state index contributed by atoms with van der Waals surface area (Å²) in [5.41, 5.74) is 2.56. The van der Waals surface area contributed by atoms with E-state index in [1.807, 2.05) is 6.07 Å². The normalized spacial score (nSPS) is 27.1. The molecule has 0 radical (unpaired) electrons. The van der Waals surface area contributed by atoms with E-state index in [0.29, 0.717) is 12.0 Å². The lowest BCUT2D eigenvalue weighted by Crippen LogP contribution is -2.58. The fraction of sp³-hybridized carbons (Fsp3) is 0.647. The molecule has 2 fully saturated rings.